The van der Waals surface area contributed by atoms with Gasteiger partial charge in [-0.25, -0.2) is 13.6 Å². The molecule has 1 amide bonds. The predicted molar refractivity (Wildman–Crippen MR) is 114 cm³/mol. The molecule has 0 fully saturated rings. The van der Waals surface area contributed by atoms with E-state index in [-0.39, 0.29) is 36.8 Å². The number of hydrogen-bond acceptors (Lipinski definition) is 3. The van der Waals surface area contributed by atoms with Gasteiger partial charge in [-0.3, -0.25) is 4.79 Å². The average molecular weight is 481 g/mol. The first-order chi connectivity index (χ1) is 15.9. The highest BCUT2D eigenvalue weighted by Crippen LogP contribution is 2.39. The van der Waals surface area contributed by atoms with Gasteiger partial charge in [-0.1, -0.05) is 32.0 Å². The topological polar surface area (TPSA) is 46.6 Å². The van der Waals surface area contributed by atoms with Crippen molar-refractivity contribution in [2.24, 2.45) is 5.92 Å². The molecule has 1 aliphatic heterocycles. The van der Waals surface area contributed by atoms with E-state index in [0.29, 0.717) is 11.1 Å². The Labute approximate surface area is 194 Å². The van der Waals surface area contributed by atoms with Gasteiger partial charge in [0.2, 0.25) is 5.91 Å². The average Bonchev–Trinajstić information content (AvgIpc) is 2.76. The molecule has 1 atom stereocenters. The van der Waals surface area contributed by atoms with E-state index in [0.717, 1.165) is 24.3 Å². The lowest BCUT2D eigenvalue weighted by atomic mass is 9.83. The normalized spacial score (nSPS) is 16.9. The van der Waals surface area contributed by atoms with Crippen molar-refractivity contribution in [3.8, 4) is 0 Å². The third kappa shape index (κ3) is 5.63. The van der Waals surface area contributed by atoms with Crippen molar-refractivity contribution in [1.82, 2.24) is 4.90 Å². The van der Waals surface area contributed by atoms with E-state index in [1.54, 1.807) is 0 Å². The van der Waals surface area contributed by atoms with Crippen LogP contribution in [0.2, 0.25) is 0 Å². The molecule has 0 bridgehead atoms. The van der Waals surface area contributed by atoms with Crippen molar-refractivity contribution in [1.29, 1.82) is 0 Å². The van der Waals surface area contributed by atoms with Crippen molar-refractivity contribution in [3.05, 3.63) is 82.1 Å². The Bertz CT molecular complexity index is 1110. The number of ether oxygens (including phenoxy) is 1. The second-order valence-corrected chi connectivity index (χ2v) is 8.60. The van der Waals surface area contributed by atoms with Crippen LogP contribution >= 0.6 is 0 Å². The molecule has 0 N–H and O–H groups in total. The van der Waals surface area contributed by atoms with Gasteiger partial charge in [-0.2, -0.15) is 13.2 Å². The largest absolute Gasteiger partial charge is 0.462 e. The lowest BCUT2D eigenvalue weighted by molar-refractivity contribution is -0.141. The first kappa shape index (κ1) is 25.4. The van der Waals surface area contributed by atoms with Gasteiger partial charge in [0.15, 0.2) is 11.6 Å². The summed E-state index contributed by atoms with van der Waals surface area (Å²) in [5.74, 6) is -3.95. The molecule has 1 heterocycles. The van der Waals surface area contributed by atoms with Gasteiger partial charge < -0.3 is 9.64 Å². The zero-order valence-electron chi connectivity index (χ0n) is 18.9. The predicted octanol–water partition coefficient (Wildman–Crippen LogP) is 5.97. The highest BCUT2D eigenvalue weighted by atomic mass is 19.4. The minimum Gasteiger partial charge on any atom is -0.462 e. The molecule has 3 rings (SSSR count). The molecule has 4 nitrogen and oxygen atoms in total. The fourth-order valence-corrected chi connectivity index (χ4v) is 3.80. The van der Waals surface area contributed by atoms with Gasteiger partial charge >= 0.3 is 12.1 Å². The van der Waals surface area contributed by atoms with E-state index in [1.165, 1.54) is 30.0 Å². The summed E-state index contributed by atoms with van der Waals surface area (Å²) < 4.78 is 71.3. The highest BCUT2D eigenvalue weighted by Gasteiger charge is 2.38. The molecule has 9 heteroatoms. The minimum absolute atomic E-state index is 0.0397. The van der Waals surface area contributed by atoms with Crippen LogP contribution in [0.15, 0.2) is 53.7 Å². The quantitative estimate of drug-likeness (QED) is 0.377. The van der Waals surface area contributed by atoms with Crippen LogP contribution in [0.5, 0.6) is 0 Å². The number of allylic oxidation sites excluding steroid dienone is 1. The van der Waals surface area contributed by atoms with E-state index < -0.39 is 41.2 Å². The zero-order chi connectivity index (χ0) is 25.2. The Kier molecular flexibility index (Phi) is 7.43. The summed E-state index contributed by atoms with van der Waals surface area (Å²) in [6.45, 7) is 5.23. The van der Waals surface area contributed by atoms with Crippen LogP contribution in [0.4, 0.5) is 22.0 Å². The fourth-order valence-electron chi connectivity index (χ4n) is 3.80. The Morgan fingerprint density at radius 2 is 1.74 bits per heavy atom. The summed E-state index contributed by atoms with van der Waals surface area (Å²) in [5, 5.41) is 0. The zero-order valence-corrected chi connectivity index (χ0v) is 18.9. The van der Waals surface area contributed by atoms with Crippen molar-refractivity contribution in [2.75, 3.05) is 6.61 Å². The fraction of sp³-hybridized carbons (Fsp3) is 0.360. The number of rotatable bonds is 6. The van der Waals surface area contributed by atoms with E-state index in [9.17, 15) is 31.5 Å². The SMILES string of the molecule is CC1=C(C(=O)OCC(C)C)C(c2ccc(C(F)(F)F)cc2)CC(=O)N1Cc1ccc(F)c(F)c1. The molecule has 1 aliphatic rings. The maximum absolute atomic E-state index is 13.7. The second kappa shape index (κ2) is 9.95. The molecule has 0 aromatic heterocycles. The smallest absolute Gasteiger partial charge is 0.416 e. The Morgan fingerprint density at radius 3 is 2.29 bits per heavy atom. The Hall–Kier alpha value is -3.23. The van der Waals surface area contributed by atoms with Gasteiger partial charge in [-0.05, 0) is 48.2 Å². The van der Waals surface area contributed by atoms with Crippen molar-refractivity contribution in [2.45, 2.75) is 45.8 Å². The van der Waals surface area contributed by atoms with Crippen LogP contribution in [0.1, 0.15) is 49.8 Å². The molecular weight excluding hydrogens is 457 g/mol. The summed E-state index contributed by atoms with van der Waals surface area (Å²) in [6, 6.07) is 7.54. The lowest BCUT2D eigenvalue weighted by Crippen LogP contribution is -2.38. The Morgan fingerprint density at radius 1 is 1.09 bits per heavy atom. The summed E-state index contributed by atoms with van der Waals surface area (Å²) in [4.78, 5) is 27.3. The van der Waals surface area contributed by atoms with Crippen molar-refractivity contribution >= 4 is 11.9 Å². The molecule has 0 spiro atoms. The van der Waals surface area contributed by atoms with Crippen LogP contribution in [0.25, 0.3) is 0 Å². The summed E-state index contributed by atoms with van der Waals surface area (Å²) in [7, 11) is 0. The van der Waals surface area contributed by atoms with Crippen LogP contribution in [-0.4, -0.2) is 23.4 Å². The standard InChI is InChI=1S/C25H24F5NO3/c1-14(2)13-34-24(33)23-15(3)31(12-16-4-9-20(26)21(27)10-16)22(32)11-19(23)17-5-7-18(8-6-17)25(28,29)30/h4-10,14,19H,11-13H2,1-3H3. The van der Waals surface area contributed by atoms with E-state index in [4.69, 9.17) is 4.74 Å². The minimum atomic E-state index is -4.52. The number of hydrogen-bond donors (Lipinski definition) is 0. The number of carbonyl (C=O) groups excluding carboxylic acids is 2. The van der Waals surface area contributed by atoms with Gasteiger partial charge in [0, 0.05) is 18.0 Å². The van der Waals surface area contributed by atoms with Gasteiger partial charge in [0.05, 0.1) is 24.3 Å². The second-order valence-electron chi connectivity index (χ2n) is 8.60. The molecule has 0 aliphatic carbocycles. The molecule has 0 saturated carbocycles. The molecule has 182 valence electrons. The highest BCUT2D eigenvalue weighted by molar-refractivity contribution is 5.95. The first-order valence-electron chi connectivity index (χ1n) is 10.7. The monoisotopic (exact) mass is 481 g/mol. The Balaban J connectivity index is 2.01. The summed E-state index contributed by atoms with van der Waals surface area (Å²) in [5.41, 5.74) is 0.226. The van der Waals surface area contributed by atoms with Crippen LogP contribution in [0.3, 0.4) is 0 Å². The van der Waals surface area contributed by atoms with Gasteiger partial charge in [-0.15, -0.1) is 0 Å². The van der Waals surface area contributed by atoms with E-state index in [1.807, 2.05) is 13.8 Å². The number of benzene rings is 2. The molecule has 2 aromatic rings. The first-order valence-corrected chi connectivity index (χ1v) is 10.7. The number of halogens is 5. The molecular formula is C25H24F5NO3. The number of alkyl halides is 3. The van der Waals surface area contributed by atoms with Crippen LogP contribution < -0.4 is 0 Å². The van der Waals surface area contributed by atoms with Gasteiger partial charge in [0.25, 0.3) is 0 Å². The maximum Gasteiger partial charge on any atom is 0.416 e. The molecule has 0 saturated heterocycles. The number of carbonyl (C=O) groups is 2. The van der Waals surface area contributed by atoms with E-state index in [2.05, 4.69) is 0 Å². The lowest BCUT2D eigenvalue weighted by Gasteiger charge is -2.34. The summed E-state index contributed by atoms with van der Waals surface area (Å²) >= 11 is 0. The van der Waals surface area contributed by atoms with Crippen LogP contribution in [0, 0.1) is 17.6 Å². The van der Waals surface area contributed by atoms with Crippen molar-refractivity contribution in [3.63, 3.8) is 0 Å². The maximum atomic E-state index is 13.7. The van der Waals surface area contributed by atoms with Crippen LogP contribution in [-0.2, 0) is 27.0 Å². The third-order valence-corrected chi connectivity index (χ3v) is 5.56. The summed E-state index contributed by atoms with van der Waals surface area (Å²) in [6.07, 6.45) is -4.72. The third-order valence-electron chi connectivity index (χ3n) is 5.56. The molecule has 34 heavy (non-hydrogen) atoms. The van der Waals surface area contributed by atoms with E-state index >= 15 is 0 Å². The van der Waals surface area contributed by atoms with Gasteiger partial charge in [0.1, 0.15) is 0 Å². The van der Waals surface area contributed by atoms with Crippen molar-refractivity contribution < 1.29 is 36.3 Å². The number of nitrogens with zero attached hydrogens (tertiary/aromatic N) is 1. The number of esters is 1. The molecule has 1 unspecified atom stereocenters. The molecule has 0 radical (unpaired) electrons. The molecule has 2 aromatic carbocycles. The number of amides is 1.